The summed E-state index contributed by atoms with van der Waals surface area (Å²) in [7, 11) is -3.26. The van der Waals surface area contributed by atoms with E-state index in [0.29, 0.717) is 26.1 Å². The fraction of sp³-hybridized carbons (Fsp3) is 0.667. The van der Waals surface area contributed by atoms with Crippen molar-refractivity contribution in [2.45, 2.75) is 24.9 Å². The number of pyridine rings is 1. The molecule has 7 heteroatoms. The van der Waals surface area contributed by atoms with Crippen LogP contribution in [0.25, 0.3) is 0 Å². The first kappa shape index (κ1) is 15.9. The Balaban J connectivity index is 1.64. The molecule has 3 heterocycles. The minimum Gasteiger partial charge on any atom is -0.372 e. The highest BCUT2D eigenvalue weighted by Crippen LogP contribution is 2.28. The average molecular weight is 325 g/mol. The van der Waals surface area contributed by atoms with E-state index < -0.39 is 10.0 Å². The van der Waals surface area contributed by atoms with Gasteiger partial charge in [0.25, 0.3) is 0 Å². The summed E-state index contributed by atoms with van der Waals surface area (Å²) in [5, 5.41) is 3.30. The fourth-order valence-electron chi connectivity index (χ4n) is 3.14. The Labute approximate surface area is 131 Å². The van der Waals surface area contributed by atoms with Gasteiger partial charge in [-0.3, -0.25) is 4.98 Å². The number of piperidine rings is 1. The lowest BCUT2D eigenvalue weighted by Gasteiger charge is -2.44. The standard InChI is InChI=1S/C15H23N3O3S/c19-22(20,12-4-14-3-1-2-7-17-14)18-10-11-21-15(13-18)5-8-16-9-6-15/h1-3,7,16H,4-6,8-13H2. The Hall–Kier alpha value is -1.02. The fourth-order valence-corrected chi connectivity index (χ4v) is 4.65. The van der Waals surface area contributed by atoms with Crippen LogP contribution >= 0.6 is 0 Å². The number of nitrogens with zero attached hydrogens (tertiary/aromatic N) is 2. The molecule has 0 radical (unpaired) electrons. The Morgan fingerprint density at radius 3 is 2.86 bits per heavy atom. The summed E-state index contributed by atoms with van der Waals surface area (Å²) in [5.74, 6) is 0.109. The normalized spacial score (nSPS) is 22.7. The quantitative estimate of drug-likeness (QED) is 0.868. The van der Waals surface area contributed by atoms with Crippen LogP contribution in [0.5, 0.6) is 0 Å². The van der Waals surface area contributed by atoms with E-state index in [-0.39, 0.29) is 11.4 Å². The molecular weight excluding hydrogens is 302 g/mol. The summed E-state index contributed by atoms with van der Waals surface area (Å²) >= 11 is 0. The maximum Gasteiger partial charge on any atom is 0.214 e. The van der Waals surface area contributed by atoms with Crippen molar-refractivity contribution < 1.29 is 13.2 Å². The lowest BCUT2D eigenvalue weighted by Crippen LogP contribution is -2.57. The predicted molar refractivity (Wildman–Crippen MR) is 84.1 cm³/mol. The van der Waals surface area contributed by atoms with Crippen molar-refractivity contribution in [1.82, 2.24) is 14.6 Å². The first-order chi connectivity index (χ1) is 10.6. The average Bonchev–Trinajstić information content (AvgIpc) is 2.55. The van der Waals surface area contributed by atoms with Gasteiger partial charge in [-0.15, -0.1) is 0 Å². The molecule has 0 aliphatic carbocycles. The maximum atomic E-state index is 12.6. The number of ether oxygens (including phenoxy) is 1. The van der Waals surface area contributed by atoms with E-state index >= 15 is 0 Å². The lowest BCUT2D eigenvalue weighted by molar-refractivity contribution is -0.105. The van der Waals surface area contributed by atoms with Crippen molar-refractivity contribution in [2.75, 3.05) is 38.5 Å². The molecular formula is C15H23N3O3S. The van der Waals surface area contributed by atoms with Crippen LogP contribution in [0.15, 0.2) is 24.4 Å². The minimum absolute atomic E-state index is 0.109. The number of morpholine rings is 1. The van der Waals surface area contributed by atoms with Gasteiger partial charge in [-0.2, -0.15) is 4.31 Å². The molecule has 3 rings (SSSR count). The Bertz CT molecular complexity index is 580. The van der Waals surface area contributed by atoms with E-state index in [0.717, 1.165) is 31.6 Å². The third-order valence-electron chi connectivity index (χ3n) is 4.46. The Morgan fingerprint density at radius 1 is 1.32 bits per heavy atom. The van der Waals surface area contributed by atoms with Gasteiger partial charge in [0.2, 0.25) is 10.0 Å². The summed E-state index contributed by atoms with van der Waals surface area (Å²) in [6, 6.07) is 5.58. The van der Waals surface area contributed by atoms with Gasteiger partial charge >= 0.3 is 0 Å². The zero-order valence-electron chi connectivity index (χ0n) is 12.7. The minimum atomic E-state index is -3.26. The van der Waals surface area contributed by atoms with Gasteiger partial charge in [0.05, 0.1) is 18.0 Å². The number of hydrogen-bond acceptors (Lipinski definition) is 5. The van der Waals surface area contributed by atoms with E-state index in [4.69, 9.17) is 4.74 Å². The third kappa shape index (κ3) is 3.65. The molecule has 0 aromatic carbocycles. The van der Waals surface area contributed by atoms with Gasteiger partial charge < -0.3 is 10.1 Å². The molecule has 2 aliphatic rings. The van der Waals surface area contributed by atoms with Crippen molar-refractivity contribution >= 4 is 10.0 Å². The lowest BCUT2D eigenvalue weighted by atomic mass is 9.91. The van der Waals surface area contributed by atoms with Crippen LogP contribution in [0.4, 0.5) is 0 Å². The van der Waals surface area contributed by atoms with Crippen molar-refractivity contribution in [2.24, 2.45) is 0 Å². The molecule has 22 heavy (non-hydrogen) atoms. The van der Waals surface area contributed by atoms with Crippen LogP contribution < -0.4 is 5.32 Å². The van der Waals surface area contributed by atoms with Gasteiger partial charge in [-0.25, -0.2) is 8.42 Å². The monoisotopic (exact) mass is 325 g/mol. The molecule has 1 aromatic rings. The first-order valence-corrected chi connectivity index (χ1v) is 9.43. The number of aryl methyl sites for hydroxylation is 1. The van der Waals surface area contributed by atoms with Crippen molar-refractivity contribution in [1.29, 1.82) is 0 Å². The number of aromatic nitrogens is 1. The van der Waals surface area contributed by atoms with Crippen molar-refractivity contribution in [3.63, 3.8) is 0 Å². The van der Waals surface area contributed by atoms with Gasteiger partial charge in [0, 0.05) is 31.4 Å². The smallest absolute Gasteiger partial charge is 0.214 e. The molecule has 2 saturated heterocycles. The van der Waals surface area contributed by atoms with Gasteiger partial charge in [-0.1, -0.05) is 6.07 Å². The topological polar surface area (TPSA) is 71.5 Å². The van der Waals surface area contributed by atoms with Crippen LogP contribution in [0.1, 0.15) is 18.5 Å². The highest BCUT2D eigenvalue weighted by molar-refractivity contribution is 7.89. The first-order valence-electron chi connectivity index (χ1n) is 7.82. The molecule has 0 bridgehead atoms. The van der Waals surface area contributed by atoms with Crippen LogP contribution in [-0.2, 0) is 21.2 Å². The molecule has 122 valence electrons. The zero-order valence-corrected chi connectivity index (χ0v) is 13.5. The zero-order chi connectivity index (χ0) is 15.5. The Morgan fingerprint density at radius 2 is 2.14 bits per heavy atom. The molecule has 2 fully saturated rings. The number of sulfonamides is 1. The second kappa shape index (κ2) is 6.62. The molecule has 2 aliphatic heterocycles. The number of nitrogens with one attached hydrogen (secondary N) is 1. The highest BCUT2D eigenvalue weighted by atomic mass is 32.2. The second-order valence-corrected chi connectivity index (χ2v) is 8.09. The molecule has 0 amide bonds. The Kier molecular flexibility index (Phi) is 4.77. The molecule has 0 atom stereocenters. The highest BCUT2D eigenvalue weighted by Gasteiger charge is 2.41. The summed E-state index contributed by atoms with van der Waals surface area (Å²) < 4.78 is 32.8. The van der Waals surface area contributed by atoms with Crippen LogP contribution in [0, 0.1) is 0 Å². The number of hydrogen-bond donors (Lipinski definition) is 1. The molecule has 1 N–H and O–H groups in total. The predicted octanol–water partition coefficient (Wildman–Crippen LogP) is 0.408. The third-order valence-corrected chi connectivity index (χ3v) is 6.28. The molecule has 0 saturated carbocycles. The summed E-state index contributed by atoms with van der Waals surface area (Å²) in [6.45, 7) is 3.21. The van der Waals surface area contributed by atoms with Crippen LogP contribution in [0.2, 0.25) is 0 Å². The van der Waals surface area contributed by atoms with Gasteiger partial charge in [-0.05, 0) is 38.1 Å². The molecule has 0 unspecified atom stereocenters. The van der Waals surface area contributed by atoms with E-state index in [9.17, 15) is 8.42 Å². The molecule has 6 nitrogen and oxygen atoms in total. The van der Waals surface area contributed by atoms with Crippen molar-refractivity contribution in [3.8, 4) is 0 Å². The van der Waals surface area contributed by atoms with Gasteiger partial charge in [0.15, 0.2) is 0 Å². The van der Waals surface area contributed by atoms with Crippen LogP contribution in [-0.4, -0.2) is 61.8 Å². The maximum absolute atomic E-state index is 12.6. The second-order valence-electron chi connectivity index (χ2n) is 6.00. The summed E-state index contributed by atoms with van der Waals surface area (Å²) in [4.78, 5) is 4.19. The van der Waals surface area contributed by atoms with E-state index in [2.05, 4.69) is 10.3 Å². The molecule has 1 spiro atoms. The SMILES string of the molecule is O=S(=O)(CCc1ccccn1)N1CCOC2(CCNCC2)C1. The largest absolute Gasteiger partial charge is 0.372 e. The van der Waals surface area contributed by atoms with E-state index in [1.807, 2.05) is 18.2 Å². The summed E-state index contributed by atoms with van der Waals surface area (Å²) in [6.07, 6.45) is 3.90. The summed E-state index contributed by atoms with van der Waals surface area (Å²) in [5.41, 5.74) is 0.526. The number of rotatable bonds is 4. The van der Waals surface area contributed by atoms with Gasteiger partial charge in [0.1, 0.15) is 0 Å². The van der Waals surface area contributed by atoms with E-state index in [1.54, 1.807) is 10.5 Å². The molecule has 1 aromatic heterocycles. The van der Waals surface area contributed by atoms with E-state index in [1.165, 1.54) is 0 Å². The van der Waals surface area contributed by atoms with Crippen LogP contribution in [0.3, 0.4) is 0 Å². The van der Waals surface area contributed by atoms with Crippen molar-refractivity contribution in [3.05, 3.63) is 30.1 Å².